The smallest absolute Gasteiger partial charge is 0.306 e. The summed E-state index contributed by atoms with van der Waals surface area (Å²) in [5.41, 5.74) is 4.59. The first-order chi connectivity index (χ1) is 30.4. The Morgan fingerprint density at radius 1 is 0.873 bits per heavy atom. The van der Waals surface area contributed by atoms with Gasteiger partial charge in [0.2, 0.25) is 0 Å². The van der Waals surface area contributed by atoms with Crippen molar-refractivity contribution in [3.8, 4) is 11.3 Å². The molecular weight excluding hydrogens is 805 g/mol. The summed E-state index contributed by atoms with van der Waals surface area (Å²) in [4.78, 5) is 29.1. The normalized spacial score (nSPS) is 39.9. The van der Waals surface area contributed by atoms with E-state index < -0.39 is 30.7 Å². The maximum atomic E-state index is 15.1. The van der Waals surface area contributed by atoms with Gasteiger partial charge in [0.1, 0.15) is 30.1 Å². The van der Waals surface area contributed by atoms with Crippen molar-refractivity contribution in [2.45, 2.75) is 160 Å². The number of carbonyl (C=O) groups is 2. The second kappa shape index (κ2) is 20.0. The highest BCUT2D eigenvalue weighted by atomic mass is 16.7. The zero-order chi connectivity index (χ0) is 44.5. The third-order valence-corrected chi connectivity index (χ3v) is 15.2. The lowest BCUT2D eigenvalue weighted by atomic mass is 9.69. The Labute approximate surface area is 373 Å². The van der Waals surface area contributed by atoms with Crippen LogP contribution in [-0.4, -0.2) is 123 Å². The van der Waals surface area contributed by atoms with Crippen molar-refractivity contribution >= 4 is 17.4 Å². The van der Waals surface area contributed by atoms with Crippen molar-refractivity contribution in [3.63, 3.8) is 0 Å². The van der Waals surface area contributed by atoms with Gasteiger partial charge in [-0.1, -0.05) is 55.0 Å². The summed E-state index contributed by atoms with van der Waals surface area (Å²) in [6, 6.07) is 8.51. The first kappa shape index (κ1) is 46.2. The predicted octanol–water partition coefficient (Wildman–Crippen LogP) is 6.70. The number of fused-ring (bicyclic) bond motifs is 5. The molecule has 3 aliphatic heterocycles. The van der Waals surface area contributed by atoms with Crippen LogP contribution in [0.25, 0.3) is 17.0 Å². The molecule has 3 saturated heterocycles. The van der Waals surface area contributed by atoms with Crippen molar-refractivity contribution in [2.75, 3.05) is 28.4 Å². The lowest BCUT2D eigenvalue weighted by Crippen LogP contribution is -2.59. The molecule has 0 bridgehead atoms. The lowest BCUT2D eigenvalue weighted by molar-refractivity contribution is -0.314. The number of cyclic esters (lactones) is 1. The highest BCUT2D eigenvalue weighted by molar-refractivity contribution is 5.99. The molecule has 346 valence electrons. The molecule has 0 spiro atoms. The molecule has 14 nitrogen and oxygen atoms in total. The second-order valence-corrected chi connectivity index (χ2v) is 18.9. The van der Waals surface area contributed by atoms with Gasteiger partial charge in [0, 0.05) is 56.4 Å². The fraction of sp³-hybridized carbons (Fsp3) is 0.714. The van der Waals surface area contributed by atoms with Crippen molar-refractivity contribution < 1.29 is 47.5 Å². The van der Waals surface area contributed by atoms with E-state index in [0.29, 0.717) is 31.3 Å². The number of benzene rings is 1. The minimum atomic E-state index is -0.688. The molecule has 8 rings (SSSR count). The number of likely N-dealkylation sites (N-methyl/N-ethyl adjacent to an activating group) is 1. The molecule has 2 aromatic rings. The van der Waals surface area contributed by atoms with E-state index in [1.54, 1.807) is 21.3 Å². The Kier molecular flexibility index (Phi) is 14.7. The van der Waals surface area contributed by atoms with Crippen LogP contribution in [0, 0.1) is 42.4 Å². The molecule has 63 heavy (non-hydrogen) atoms. The molecule has 1 aromatic carbocycles. The summed E-state index contributed by atoms with van der Waals surface area (Å²) >= 11 is 0. The van der Waals surface area contributed by atoms with Crippen molar-refractivity contribution in [2.24, 2.45) is 35.5 Å². The van der Waals surface area contributed by atoms with Gasteiger partial charge in [0.05, 0.1) is 37.0 Å². The van der Waals surface area contributed by atoms with Crippen molar-refractivity contribution in [3.05, 3.63) is 53.8 Å². The van der Waals surface area contributed by atoms with Crippen LogP contribution in [0.3, 0.4) is 0 Å². The maximum absolute atomic E-state index is 15.1. The molecular formula is C49H70N4O10. The SMILES string of the molecule is CC[C@H]1CCC[C@H](O[C@H]2CC[C@H](NC)C(C)O2)[C@@H](C)C(=O)C2=C[C@@H]3[C@@H](C=C(n4cc(-c5cccc(C)c5)nn4)[C@@H]4C[C@@H](O[C@@H]5OC(C)[C@H](OC)C(OC)[C@@H]5OC)C[C@@H]34)[C@@H]2CC(=O)O1. The van der Waals surface area contributed by atoms with E-state index in [2.05, 4.69) is 55.5 Å². The Morgan fingerprint density at radius 3 is 2.38 bits per heavy atom. The fourth-order valence-corrected chi connectivity index (χ4v) is 11.8. The highest BCUT2D eigenvalue weighted by Crippen LogP contribution is 2.57. The zero-order valence-electron chi connectivity index (χ0n) is 38.6. The Hall–Kier alpha value is -3.34. The number of nitrogens with zero attached hydrogens (tertiary/aromatic N) is 3. The number of aryl methyl sites for hydroxylation is 1. The van der Waals surface area contributed by atoms with Crippen molar-refractivity contribution in [1.82, 2.24) is 20.3 Å². The number of esters is 1. The number of rotatable bonds is 11. The van der Waals surface area contributed by atoms with E-state index in [0.717, 1.165) is 48.2 Å². The molecule has 14 heteroatoms. The lowest BCUT2D eigenvalue weighted by Gasteiger charge is -2.44. The molecule has 17 atom stereocenters. The third-order valence-electron chi connectivity index (χ3n) is 15.2. The number of hydrogen-bond donors (Lipinski definition) is 1. The van der Waals surface area contributed by atoms with Gasteiger partial charge in [-0.3, -0.25) is 9.59 Å². The minimum Gasteiger partial charge on any atom is -0.462 e. The van der Waals surface area contributed by atoms with E-state index in [1.807, 2.05) is 43.9 Å². The van der Waals surface area contributed by atoms with Gasteiger partial charge >= 0.3 is 5.97 Å². The highest BCUT2D eigenvalue weighted by Gasteiger charge is 2.55. The number of methoxy groups -OCH3 is 3. The first-order valence-electron chi connectivity index (χ1n) is 23.5. The van der Waals surface area contributed by atoms with Gasteiger partial charge < -0.3 is 43.2 Å². The number of allylic oxidation sites excluding steroid dienone is 4. The van der Waals surface area contributed by atoms with Gasteiger partial charge in [0.15, 0.2) is 18.4 Å². The largest absolute Gasteiger partial charge is 0.462 e. The number of ether oxygens (including phenoxy) is 8. The number of ketones is 1. The van der Waals surface area contributed by atoms with Gasteiger partial charge in [-0.05, 0) is 109 Å². The third kappa shape index (κ3) is 9.52. The molecule has 3 unspecified atom stereocenters. The van der Waals surface area contributed by atoms with Gasteiger partial charge in [-0.25, -0.2) is 4.68 Å². The molecule has 4 fully saturated rings. The average molecular weight is 875 g/mol. The van der Waals surface area contributed by atoms with E-state index in [1.165, 1.54) is 0 Å². The molecule has 1 N–H and O–H groups in total. The van der Waals surface area contributed by atoms with Gasteiger partial charge in [-0.2, -0.15) is 0 Å². The van der Waals surface area contributed by atoms with Crippen LogP contribution < -0.4 is 5.32 Å². The van der Waals surface area contributed by atoms with Gasteiger partial charge in [-0.15, -0.1) is 5.10 Å². The topological polar surface area (TPSA) is 151 Å². The summed E-state index contributed by atoms with van der Waals surface area (Å²) in [5, 5.41) is 12.8. The predicted molar refractivity (Wildman–Crippen MR) is 235 cm³/mol. The van der Waals surface area contributed by atoms with Crippen LogP contribution >= 0.6 is 0 Å². The van der Waals surface area contributed by atoms with Crippen LogP contribution in [0.1, 0.15) is 91.0 Å². The molecule has 0 amide bonds. The monoisotopic (exact) mass is 875 g/mol. The van der Waals surface area contributed by atoms with Crippen LogP contribution in [-0.2, 0) is 47.5 Å². The second-order valence-electron chi connectivity index (χ2n) is 18.9. The maximum Gasteiger partial charge on any atom is 0.306 e. The van der Waals surface area contributed by atoms with E-state index >= 15 is 4.79 Å². The summed E-state index contributed by atoms with van der Waals surface area (Å²) < 4.78 is 52.3. The summed E-state index contributed by atoms with van der Waals surface area (Å²) in [5.74, 6) is -1.17. The standard InChI is InChI=1S/C49H70N4O10/c1-10-31-15-12-16-42(63-44-18-17-39(50-6)28(4)59-44)27(3)45(55)38-22-34-33-20-32(62-49-48(58-9)47(57-8)46(56-7)29(5)60-49)21-37(33)41(23-35(34)36(38)24-43(54)61-31)53-25-40(51-52-53)30-14-11-13-26(2)19-30/h11,13-14,19,22-23,25,27-29,31-37,39,42,44,46-50H,10,12,15-18,20-21,24H2,1-9H3/t27-,28?,29?,31+,32+,33+,34+,35-,36+,37-,39+,42+,44+,46+,47?,48+,49+/m1/s1. The zero-order valence-corrected chi connectivity index (χ0v) is 38.6. The minimum absolute atomic E-state index is 0.0110. The van der Waals surface area contributed by atoms with Gasteiger partial charge in [0.25, 0.3) is 0 Å². The molecule has 0 radical (unpaired) electrons. The molecule has 4 heterocycles. The van der Waals surface area contributed by atoms with E-state index in [-0.39, 0.29) is 90.4 Å². The van der Waals surface area contributed by atoms with Crippen LogP contribution in [0.2, 0.25) is 0 Å². The number of hydrogen-bond acceptors (Lipinski definition) is 13. The van der Waals surface area contributed by atoms with Crippen LogP contribution in [0.4, 0.5) is 0 Å². The fourth-order valence-electron chi connectivity index (χ4n) is 11.8. The Bertz CT molecular complexity index is 1970. The number of aromatic nitrogens is 3. The molecule has 1 saturated carbocycles. The van der Waals surface area contributed by atoms with E-state index in [9.17, 15) is 4.79 Å². The molecule has 3 aliphatic carbocycles. The average Bonchev–Trinajstić information content (AvgIpc) is 4.02. The van der Waals surface area contributed by atoms with E-state index in [4.69, 9.17) is 43.1 Å². The van der Waals surface area contributed by atoms with Crippen LogP contribution in [0.15, 0.2) is 48.2 Å². The summed E-state index contributed by atoms with van der Waals surface area (Å²) in [6.07, 6.45) is 9.14. The number of nitrogens with one attached hydrogen (secondary N) is 1. The summed E-state index contributed by atoms with van der Waals surface area (Å²) in [7, 11) is 6.92. The molecule has 6 aliphatic rings. The molecule has 1 aromatic heterocycles. The number of carbonyl (C=O) groups excluding carboxylic acids is 2. The Balaban J connectivity index is 1.14. The van der Waals surface area contributed by atoms with Crippen LogP contribution in [0.5, 0.6) is 0 Å². The van der Waals surface area contributed by atoms with Crippen molar-refractivity contribution in [1.29, 1.82) is 0 Å². The quantitative estimate of drug-likeness (QED) is 0.239. The first-order valence-corrected chi connectivity index (χ1v) is 23.5. The number of Topliss-reactive ketones (excluding diaryl/α,β-unsaturated/α-hetero) is 1. The Morgan fingerprint density at radius 2 is 1.67 bits per heavy atom. The summed E-state index contributed by atoms with van der Waals surface area (Å²) in [6.45, 7) is 10.2.